The lowest BCUT2D eigenvalue weighted by molar-refractivity contribution is -0.107. The van der Waals surface area contributed by atoms with Crippen LogP contribution in [0.2, 0.25) is 0 Å². The fourth-order valence-corrected chi connectivity index (χ4v) is 6.40. The Balaban J connectivity index is 1.43. The molecule has 1 aliphatic rings. The summed E-state index contributed by atoms with van der Waals surface area (Å²) in [5.41, 5.74) is 3.82. The molecule has 1 amide bonds. The van der Waals surface area contributed by atoms with Crippen LogP contribution in [0.5, 0.6) is 0 Å². The molecular weight excluding hydrogens is 499 g/mol. The van der Waals surface area contributed by atoms with Crippen LogP contribution in [0.1, 0.15) is 39.8 Å². The molecule has 4 rings (SSSR count). The predicted molar refractivity (Wildman–Crippen MR) is 130 cm³/mol. The molecule has 1 aliphatic heterocycles. The van der Waals surface area contributed by atoms with Crippen molar-refractivity contribution in [2.24, 2.45) is 0 Å². The van der Waals surface area contributed by atoms with Crippen LogP contribution >= 0.6 is 11.3 Å². The highest BCUT2D eigenvalue weighted by Crippen LogP contribution is 2.33. The summed E-state index contributed by atoms with van der Waals surface area (Å²) < 4.78 is 62.6. The summed E-state index contributed by atoms with van der Waals surface area (Å²) in [5.74, 6) is -2.33. The molecule has 1 aromatic heterocycles. The number of aryl methyl sites for hydroxylation is 1. The minimum atomic E-state index is -4.77. The van der Waals surface area contributed by atoms with Crippen molar-refractivity contribution < 1.29 is 26.4 Å². The maximum absolute atomic E-state index is 12.9. The number of alkyl halides is 3. The molecule has 2 heterocycles. The summed E-state index contributed by atoms with van der Waals surface area (Å²) in [5, 5.41) is 5.25. The van der Waals surface area contributed by atoms with E-state index in [1.54, 1.807) is 5.38 Å². The highest BCUT2D eigenvalue weighted by Gasteiger charge is 2.39. The zero-order valence-corrected chi connectivity index (χ0v) is 20.5. The second-order valence-corrected chi connectivity index (χ2v) is 11.3. The molecule has 3 aromatic rings. The molecule has 1 saturated heterocycles. The number of anilines is 1. The summed E-state index contributed by atoms with van der Waals surface area (Å²) in [6.07, 6.45) is -4.07. The van der Waals surface area contributed by atoms with Gasteiger partial charge in [-0.15, -0.1) is 11.3 Å². The summed E-state index contributed by atoms with van der Waals surface area (Å²) in [6.45, 7) is 1.96. The molecule has 2 aromatic carbocycles. The number of benzene rings is 2. The molecular formula is C24H24F3N3O3S2. The number of hydrogen-bond donors (Lipinski definition) is 1. The van der Waals surface area contributed by atoms with E-state index in [1.165, 1.54) is 11.3 Å². The van der Waals surface area contributed by atoms with E-state index in [9.17, 15) is 26.4 Å². The van der Waals surface area contributed by atoms with Gasteiger partial charge in [-0.1, -0.05) is 42.0 Å². The van der Waals surface area contributed by atoms with Gasteiger partial charge < -0.3 is 5.32 Å². The van der Waals surface area contributed by atoms with E-state index in [0.717, 1.165) is 21.0 Å². The molecule has 0 radical (unpaired) electrons. The Morgan fingerprint density at radius 2 is 1.83 bits per heavy atom. The van der Waals surface area contributed by atoms with Crippen molar-refractivity contribution >= 4 is 33.0 Å². The molecule has 0 saturated carbocycles. The van der Waals surface area contributed by atoms with Gasteiger partial charge >= 0.3 is 6.18 Å². The first-order valence-corrected chi connectivity index (χ1v) is 13.5. The Morgan fingerprint density at radius 1 is 1.14 bits per heavy atom. The van der Waals surface area contributed by atoms with Gasteiger partial charge in [-0.2, -0.15) is 13.2 Å². The quantitative estimate of drug-likeness (QED) is 0.467. The lowest BCUT2D eigenvalue weighted by Gasteiger charge is -2.30. The number of sulfonamides is 1. The Bertz CT molecular complexity index is 1300. The van der Waals surface area contributed by atoms with E-state index < -0.39 is 22.0 Å². The second kappa shape index (κ2) is 10.1. The van der Waals surface area contributed by atoms with Crippen LogP contribution in [0.25, 0.3) is 11.1 Å². The maximum atomic E-state index is 12.9. The standard InChI is InChI=1S/C24H24F3N3O3S2/c1-16-7-8-20(19(13-16)17-5-3-2-4-6-17)28-22(31)21-14-34-23(29-21)18-9-11-30(12-10-18)35(32,33)15-24(25,26)27/h2-8,13-14,18H,9-12,15H2,1H3,(H,28,31). The minimum Gasteiger partial charge on any atom is -0.320 e. The summed E-state index contributed by atoms with van der Waals surface area (Å²) in [7, 11) is -4.39. The van der Waals surface area contributed by atoms with Crippen molar-refractivity contribution in [3.05, 3.63) is 70.2 Å². The van der Waals surface area contributed by atoms with Crippen molar-refractivity contribution in [1.29, 1.82) is 0 Å². The third-order valence-corrected chi connectivity index (χ3v) is 8.66. The van der Waals surface area contributed by atoms with Crippen molar-refractivity contribution in [3.8, 4) is 11.1 Å². The molecule has 0 unspecified atom stereocenters. The Labute approximate surface area is 205 Å². The van der Waals surface area contributed by atoms with Crippen LogP contribution in [0.15, 0.2) is 53.9 Å². The number of nitrogens with one attached hydrogen (secondary N) is 1. The molecule has 0 spiro atoms. The number of thiazole rings is 1. The normalized spacial score (nSPS) is 15.8. The van der Waals surface area contributed by atoms with Crippen molar-refractivity contribution in [3.63, 3.8) is 0 Å². The van der Waals surface area contributed by atoms with E-state index in [0.29, 0.717) is 23.5 Å². The lowest BCUT2D eigenvalue weighted by atomic mass is 9.99. The monoisotopic (exact) mass is 523 g/mol. The van der Waals surface area contributed by atoms with Crippen LogP contribution in [-0.4, -0.2) is 48.6 Å². The van der Waals surface area contributed by atoms with E-state index in [1.807, 2.05) is 55.5 Å². The van der Waals surface area contributed by atoms with E-state index in [2.05, 4.69) is 10.3 Å². The third kappa shape index (κ3) is 6.28. The number of carbonyl (C=O) groups excluding carboxylic acids is 1. The first kappa shape index (κ1) is 25.3. The number of carbonyl (C=O) groups is 1. The van der Waals surface area contributed by atoms with E-state index in [-0.39, 0.29) is 30.6 Å². The van der Waals surface area contributed by atoms with E-state index >= 15 is 0 Å². The molecule has 186 valence electrons. The molecule has 1 N–H and O–H groups in total. The number of nitrogens with zero attached hydrogens (tertiary/aromatic N) is 2. The first-order chi connectivity index (χ1) is 16.5. The van der Waals surface area contributed by atoms with Gasteiger partial charge in [0.25, 0.3) is 5.91 Å². The first-order valence-electron chi connectivity index (χ1n) is 11.0. The number of halogens is 3. The number of aromatic nitrogens is 1. The molecule has 35 heavy (non-hydrogen) atoms. The fraction of sp³-hybridized carbons (Fsp3) is 0.333. The summed E-state index contributed by atoms with van der Waals surface area (Å²) >= 11 is 1.30. The van der Waals surface area contributed by atoms with Gasteiger partial charge in [-0.05, 0) is 37.5 Å². The topological polar surface area (TPSA) is 79.4 Å². The fourth-order valence-electron chi connectivity index (χ4n) is 4.07. The number of hydrogen-bond acceptors (Lipinski definition) is 5. The zero-order valence-electron chi connectivity index (χ0n) is 18.9. The highest BCUT2D eigenvalue weighted by atomic mass is 32.2. The van der Waals surface area contributed by atoms with Crippen molar-refractivity contribution in [1.82, 2.24) is 9.29 Å². The van der Waals surface area contributed by atoms with Gasteiger partial charge in [0, 0.05) is 35.6 Å². The average molecular weight is 524 g/mol. The largest absolute Gasteiger partial charge is 0.404 e. The minimum absolute atomic E-state index is 0.00596. The Kier molecular flexibility index (Phi) is 7.30. The average Bonchev–Trinajstić information content (AvgIpc) is 3.30. The molecule has 0 aliphatic carbocycles. The predicted octanol–water partition coefficient (Wildman–Crippen LogP) is 5.44. The van der Waals surface area contributed by atoms with Crippen LogP contribution in [-0.2, 0) is 10.0 Å². The highest BCUT2D eigenvalue weighted by molar-refractivity contribution is 7.89. The Hall–Kier alpha value is -2.76. The lowest BCUT2D eigenvalue weighted by Crippen LogP contribution is -2.42. The van der Waals surface area contributed by atoms with Gasteiger partial charge in [0.15, 0.2) is 5.75 Å². The van der Waals surface area contributed by atoms with Crippen LogP contribution in [0.4, 0.5) is 18.9 Å². The van der Waals surface area contributed by atoms with Gasteiger partial charge in [0.2, 0.25) is 10.0 Å². The van der Waals surface area contributed by atoms with Gasteiger partial charge in [0.05, 0.1) is 5.01 Å². The third-order valence-electron chi connectivity index (χ3n) is 5.81. The van der Waals surface area contributed by atoms with Crippen molar-refractivity contribution in [2.75, 3.05) is 24.2 Å². The van der Waals surface area contributed by atoms with Gasteiger partial charge in [-0.25, -0.2) is 17.7 Å². The molecule has 0 atom stereocenters. The zero-order chi connectivity index (χ0) is 25.2. The molecule has 0 bridgehead atoms. The summed E-state index contributed by atoms with van der Waals surface area (Å²) in [6, 6.07) is 15.5. The van der Waals surface area contributed by atoms with Crippen molar-refractivity contribution in [2.45, 2.75) is 31.9 Å². The van der Waals surface area contributed by atoms with Gasteiger partial charge in [-0.3, -0.25) is 4.79 Å². The van der Waals surface area contributed by atoms with Crippen LogP contribution in [0.3, 0.4) is 0 Å². The van der Waals surface area contributed by atoms with Gasteiger partial charge in [0.1, 0.15) is 5.69 Å². The smallest absolute Gasteiger partial charge is 0.320 e. The SMILES string of the molecule is Cc1ccc(NC(=O)c2csc(C3CCN(S(=O)(=O)CC(F)(F)F)CC3)n2)c(-c2ccccc2)c1. The number of piperidine rings is 1. The maximum Gasteiger partial charge on any atom is 0.404 e. The molecule has 1 fully saturated rings. The van der Waals surface area contributed by atoms with Crippen LogP contribution in [0, 0.1) is 6.92 Å². The molecule has 11 heteroatoms. The number of amides is 1. The van der Waals surface area contributed by atoms with E-state index in [4.69, 9.17) is 0 Å². The number of rotatable bonds is 6. The van der Waals surface area contributed by atoms with Crippen LogP contribution < -0.4 is 5.32 Å². The Morgan fingerprint density at radius 3 is 2.49 bits per heavy atom. The summed E-state index contributed by atoms with van der Waals surface area (Å²) in [4.78, 5) is 17.4. The second-order valence-electron chi connectivity index (χ2n) is 8.48. The molecule has 6 nitrogen and oxygen atoms in total.